The first-order valence-electron chi connectivity index (χ1n) is 5.12. The average Bonchev–Trinajstić information content (AvgIpc) is 2.09. The molecule has 0 amide bonds. The average molecular weight is 303 g/mol. The van der Waals surface area contributed by atoms with E-state index in [1.54, 1.807) is 0 Å². The van der Waals surface area contributed by atoms with Gasteiger partial charge in [-0.15, -0.1) is 0 Å². The molecular weight excluding hydrogens is 289 g/mol. The van der Waals surface area contributed by atoms with Gasteiger partial charge in [0.1, 0.15) is 0 Å². The van der Waals surface area contributed by atoms with E-state index in [0.29, 0.717) is 0 Å². The first-order chi connectivity index (χ1) is 6.77. The Morgan fingerprint density at radius 1 is 1.50 bits per heavy atom. The second kappa shape index (κ2) is 4.47. The van der Waals surface area contributed by atoms with Crippen molar-refractivity contribution in [2.24, 2.45) is 5.92 Å². The lowest BCUT2D eigenvalue weighted by Gasteiger charge is -2.25. The first-order valence-corrected chi connectivity index (χ1v) is 6.20. The number of hydrogen-bond acceptors (Lipinski definition) is 1. The lowest BCUT2D eigenvalue weighted by atomic mass is 9.83. The van der Waals surface area contributed by atoms with Gasteiger partial charge in [0.25, 0.3) is 5.56 Å². The molecule has 1 saturated carbocycles. The SMILES string of the molecule is O=c1c(I)cccn1CCC1CCC1. The van der Waals surface area contributed by atoms with Crippen molar-refractivity contribution in [3.05, 3.63) is 32.3 Å². The summed E-state index contributed by atoms with van der Waals surface area (Å²) in [5, 5.41) is 0. The van der Waals surface area contributed by atoms with E-state index in [9.17, 15) is 4.79 Å². The van der Waals surface area contributed by atoms with Crippen LogP contribution in [0.25, 0.3) is 0 Å². The Hall–Kier alpha value is -0.320. The standard InChI is InChI=1S/C11H14INO/c12-10-5-2-7-13(11(10)14)8-6-9-3-1-4-9/h2,5,7,9H,1,3-4,6,8H2. The molecule has 0 radical (unpaired) electrons. The summed E-state index contributed by atoms with van der Waals surface area (Å²) < 4.78 is 2.65. The van der Waals surface area contributed by atoms with E-state index in [4.69, 9.17) is 0 Å². The van der Waals surface area contributed by atoms with Gasteiger partial charge >= 0.3 is 0 Å². The number of halogens is 1. The highest BCUT2D eigenvalue weighted by Gasteiger charge is 2.16. The van der Waals surface area contributed by atoms with Crippen LogP contribution in [0.4, 0.5) is 0 Å². The molecule has 1 fully saturated rings. The van der Waals surface area contributed by atoms with Gasteiger partial charge in [0.2, 0.25) is 0 Å². The fraction of sp³-hybridized carbons (Fsp3) is 0.545. The minimum atomic E-state index is 0.160. The second-order valence-corrected chi connectivity index (χ2v) is 5.10. The Morgan fingerprint density at radius 3 is 2.93 bits per heavy atom. The predicted molar refractivity (Wildman–Crippen MR) is 65.4 cm³/mol. The summed E-state index contributed by atoms with van der Waals surface area (Å²) in [7, 11) is 0. The van der Waals surface area contributed by atoms with Crippen LogP contribution in [0.3, 0.4) is 0 Å². The Bertz CT molecular complexity index is 368. The van der Waals surface area contributed by atoms with Gasteiger partial charge in [-0.05, 0) is 47.1 Å². The van der Waals surface area contributed by atoms with Crippen molar-refractivity contribution in [2.75, 3.05) is 0 Å². The Morgan fingerprint density at radius 2 is 2.29 bits per heavy atom. The van der Waals surface area contributed by atoms with Crippen LogP contribution < -0.4 is 5.56 Å². The molecule has 0 bridgehead atoms. The fourth-order valence-corrected chi connectivity index (χ4v) is 2.30. The van der Waals surface area contributed by atoms with Crippen molar-refractivity contribution in [1.29, 1.82) is 0 Å². The summed E-state index contributed by atoms with van der Waals surface area (Å²) >= 11 is 2.10. The molecule has 0 N–H and O–H groups in total. The van der Waals surface area contributed by atoms with Crippen molar-refractivity contribution in [2.45, 2.75) is 32.2 Å². The van der Waals surface area contributed by atoms with Crippen LogP contribution >= 0.6 is 22.6 Å². The summed E-state index contributed by atoms with van der Waals surface area (Å²) in [5.74, 6) is 0.875. The third-order valence-corrected chi connectivity index (χ3v) is 3.80. The van der Waals surface area contributed by atoms with Crippen LogP contribution in [-0.2, 0) is 6.54 Å². The molecule has 0 aliphatic heterocycles. The van der Waals surface area contributed by atoms with Gasteiger partial charge in [-0.25, -0.2) is 0 Å². The van der Waals surface area contributed by atoms with Gasteiger partial charge in [-0.1, -0.05) is 19.3 Å². The molecule has 1 aliphatic carbocycles. The van der Waals surface area contributed by atoms with E-state index in [1.807, 2.05) is 22.9 Å². The monoisotopic (exact) mass is 303 g/mol. The van der Waals surface area contributed by atoms with Gasteiger partial charge in [-0.2, -0.15) is 0 Å². The molecule has 0 atom stereocenters. The number of pyridine rings is 1. The maximum atomic E-state index is 11.6. The maximum absolute atomic E-state index is 11.6. The Labute approximate surface area is 97.5 Å². The van der Waals surface area contributed by atoms with E-state index >= 15 is 0 Å². The second-order valence-electron chi connectivity index (χ2n) is 3.94. The lowest BCUT2D eigenvalue weighted by molar-refractivity contribution is 0.281. The van der Waals surface area contributed by atoms with Crippen molar-refractivity contribution in [1.82, 2.24) is 4.57 Å². The number of aromatic nitrogens is 1. The number of nitrogens with zero attached hydrogens (tertiary/aromatic N) is 1. The van der Waals surface area contributed by atoms with Crippen LogP contribution in [0, 0.1) is 9.49 Å². The summed E-state index contributed by atoms with van der Waals surface area (Å²) in [6.45, 7) is 0.889. The van der Waals surface area contributed by atoms with Crippen molar-refractivity contribution < 1.29 is 0 Å². The van der Waals surface area contributed by atoms with E-state index in [2.05, 4.69) is 22.6 Å². The molecule has 1 aromatic heterocycles. The minimum absolute atomic E-state index is 0.160. The van der Waals surface area contributed by atoms with Crippen LogP contribution in [-0.4, -0.2) is 4.57 Å². The van der Waals surface area contributed by atoms with Gasteiger partial charge in [-0.3, -0.25) is 4.79 Å². The quantitative estimate of drug-likeness (QED) is 0.787. The lowest BCUT2D eigenvalue weighted by Crippen LogP contribution is -2.23. The zero-order valence-electron chi connectivity index (χ0n) is 8.08. The third kappa shape index (κ3) is 2.19. The minimum Gasteiger partial charge on any atom is -0.315 e. The highest BCUT2D eigenvalue weighted by molar-refractivity contribution is 14.1. The number of aryl methyl sites for hydroxylation is 1. The van der Waals surface area contributed by atoms with E-state index in [0.717, 1.165) is 16.0 Å². The molecule has 0 saturated heterocycles. The zero-order chi connectivity index (χ0) is 9.97. The zero-order valence-corrected chi connectivity index (χ0v) is 10.2. The fourth-order valence-electron chi connectivity index (χ4n) is 1.79. The van der Waals surface area contributed by atoms with Gasteiger partial charge < -0.3 is 4.57 Å². The first kappa shape index (κ1) is 10.2. The van der Waals surface area contributed by atoms with Crippen LogP contribution in [0.2, 0.25) is 0 Å². The van der Waals surface area contributed by atoms with Crippen molar-refractivity contribution in [3.63, 3.8) is 0 Å². The van der Waals surface area contributed by atoms with E-state index in [1.165, 1.54) is 25.7 Å². The molecule has 1 aliphatic rings. The highest BCUT2D eigenvalue weighted by atomic mass is 127. The Kier molecular flexibility index (Phi) is 3.26. The molecule has 0 aromatic carbocycles. The molecule has 0 unspecified atom stereocenters. The smallest absolute Gasteiger partial charge is 0.263 e. The van der Waals surface area contributed by atoms with Gasteiger partial charge in [0.15, 0.2) is 0 Å². The molecule has 2 nitrogen and oxygen atoms in total. The summed E-state index contributed by atoms with van der Waals surface area (Å²) in [6, 6.07) is 3.81. The van der Waals surface area contributed by atoms with Crippen molar-refractivity contribution in [3.8, 4) is 0 Å². The van der Waals surface area contributed by atoms with Gasteiger partial charge in [0.05, 0.1) is 3.57 Å². The van der Waals surface area contributed by atoms with Crippen LogP contribution in [0.15, 0.2) is 23.1 Å². The van der Waals surface area contributed by atoms with Crippen molar-refractivity contribution >= 4 is 22.6 Å². The molecule has 3 heteroatoms. The van der Waals surface area contributed by atoms with Gasteiger partial charge in [0, 0.05) is 12.7 Å². The summed E-state index contributed by atoms with van der Waals surface area (Å²) in [4.78, 5) is 11.6. The largest absolute Gasteiger partial charge is 0.315 e. The number of hydrogen-bond donors (Lipinski definition) is 0. The maximum Gasteiger partial charge on any atom is 0.263 e. The van der Waals surface area contributed by atoms with Crippen LogP contribution in [0.5, 0.6) is 0 Å². The molecule has 14 heavy (non-hydrogen) atoms. The number of rotatable bonds is 3. The molecular formula is C11H14INO. The molecule has 2 rings (SSSR count). The van der Waals surface area contributed by atoms with E-state index in [-0.39, 0.29) is 5.56 Å². The normalized spacial score (nSPS) is 16.6. The third-order valence-electron chi connectivity index (χ3n) is 2.98. The topological polar surface area (TPSA) is 22.0 Å². The summed E-state index contributed by atoms with van der Waals surface area (Å²) in [5.41, 5.74) is 0.160. The molecule has 1 aromatic rings. The Balaban J connectivity index is 2.01. The van der Waals surface area contributed by atoms with E-state index < -0.39 is 0 Å². The highest BCUT2D eigenvalue weighted by Crippen LogP contribution is 2.29. The molecule has 76 valence electrons. The summed E-state index contributed by atoms with van der Waals surface area (Å²) in [6.07, 6.45) is 7.16. The molecule has 0 spiro atoms. The van der Waals surface area contributed by atoms with Crippen LogP contribution in [0.1, 0.15) is 25.7 Å². The molecule has 1 heterocycles. The predicted octanol–water partition coefficient (Wildman–Crippen LogP) is 2.64.